The lowest BCUT2D eigenvalue weighted by Gasteiger charge is -2.29. The van der Waals surface area contributed by atoms with Crippen LogP contribution in [0.1, 0.15) is 38.5 Å². The Morgan fingerprint density at radius 3 is 2.53 bits per heavy atom. The van der Waals surface area contributed by atoms with E-state index in [2.05, 4.69) is 10.2 Å². The minimum atomic E-state index is -0.0930. The predicted octanol–water partition coefficient (Wildman–Crippen LogP) is 0.749. The van der Waals surface area contributed by atoms with Gasteiger partial charge in [0, 0.05) is 25.6 Å². The number of carbonyl (C=O) groups excluding carboxylic acids is 1. The van der Waals surface area contributed by atoms with Crippen molar-refractivity contribution in [2.24, 2.45) is 5.92 Å². The van der Waals surface area contributed by atoms with Gasteiger partial charge in [-0.1, -0.05) is 6.42 Å². The van der Waals surface area contributed by atoms with Crippen molar-refractivity contribution in [2.75, 3.05) is 26.2 Å². The minimum Gasteiger partial charge on any atom is -0.393 e. The third-order valence-electron chi connectivity index (χ3n) is 3.98. The zero-order valence-electron chi connectivity index (χ0n) is 10.5. The van der Waals surface area contributed by atoms with Crippen LogP contribution in [-0.4, -0.2) is 48.2 Å². The Hall–Kier alpha value is -0.610. The van der Waals surface area contributed by atoms with E-state index in [1.807, 2.05) is 0 Å². The number of amides is 1. The van der Waals surface area contributed by atoms with Crippen LogP contribution in [0.2, 0.25) is 0 Å². The Morgan fingerprint density at radius 2 is 1.94 bits per heavy atom. The van der Waals surface area contributed by atoms with Gasteiger partial charge in [0.2, 0.25) is 5.91 Å². The zero-order chi connectivity index (χ0) is 12.1. The molecule has 0 aromatic rings. The molecular formula is C13H24N2O2. The van der Waals surface area contributed by atoms with Gasteiger partial charge in [0.25, 0.3) is 0 Å². The summed E-state index contributed by atoms with van der Waals surface area (Å²) in [5, 5.41) is 12.4. The average Bonchev–Trinajstić information content (AvgIpc) is 2.24. The summed E-state index contributed by atoms with van der Waals surface area (Å²) in [6.07, 6.45) is 6.10. The van der Waals surface area contributed by atoms with Gasteiger partial charge in [0.1, 0.15) is 0 Å². The van der Waals surface area contributed by atoms with Crippen LogP contribution in [0.5, 0.6) is 0 Å². The Morgan fingerprint density at radius 1 is 1.24 bits per heavy atom. The van der Waals surface area contributed by atoms with Crippen molar-refractivity contribution >= 4 is 5.91 Å². The lowest BCUT2D eigenvalue weighted by atomic mass is 9.85. The number of carbonyl (C=O) groups is 1. The maximum absolute atomic E-state index is 11.6. The number of aliphatic hydroxyl groups excluding tert-OH is 1. The topological polar surface area (TPSA) is 52.6 Å². The highest BCUT2D eigenvalue weighted by Crippen LogP contribution is 2.26. The molecule has 1 saturated heterocycles. The summed E-state index contributed by atoms with van der Waals surface area (Å²) in [6, 6.07) is 0. The zero-order valence-corrected chi connectivity index (χ0v) is 10.5. The molecule has 1 saturated carbocycles. The fourth-order valence-electron chi connectivity index (χ4n) is 2.47. The van der Waals surface area contributed by atoms with Crippen molar-refractivity contribution in [1.29, 1.82) is 0 Å². The van der Waals surface area contributed by atoms with Gasteiger partial charge >= 0.3 is 0 Å². The Kier molecular flexibility index (Phi) is 4.80. The molecule has 0 radical (unpaired) electrons. The van der Waals surface area contributed by atoms with Gasteiger partial charge in [-0.3, -0.25) is 4.79 Å². The molecule has 1 aliphatic heterocycles. The molecule has 0 atom stereocenters. The summed E-state index contributed by atoms with van der Waals surface area (Å²) in [7, 11) is 0. The normalized spacial score (nSPS) is 23.4. The number of nitrogens with one attached hydrogen (secondary N) is 1. The van der Waals surface area contributed by atoms with Crippen LogP contribution in [0, 0.1) is 5.92 Å². The molecule has 0 aromatic heterocycles. The third-order valence-corrected chi connectivity index (χ3v) is 3.98. The summed E-state index contributed by atoms with van der Waals surface area (Å²) >= 11 is 0. The van der Waals surface area contributed by atoms with Crippen LogP contribution in [0.4, 0.5) is 0 Å². The van der Waals surface area contributed by atoms with E-state index in [1.54, 1.807) is 0 Å². The second kappa shape index (κ2) is 6.36. The molecule has 1 heterocycles. The maximum atomic E-state index is 11.6. The lowest BCUT2D eigenvalue weighted by molar-refractivity contribution is -0.127. The van der Waals surface area contributed by atoms with Crippen LogP contribution in [0.25, 0.3) is 0 Å². The molecule has 0 spiro atoms. The van der Waals surface area contributed by atoms with E-state index in [4.69, 9.17) is 0 Å². The van der Waals surface area contributed by atoms with Crippen molar-refractivity contribution in [3.8, 4) is 0 Å². The Balaban J connectivity index is 1.49. The molecule has 2 rings (SSSR count). The second-order valence-electron chi connectivity index (χ2n) is 5.35. The number of piperidine rings is 1. The van der Waals surface area contributed by atoms with Crippen LogP contribution >= 0.6 is 0 Å². The molecule has 98 valence electrons. The first-order valence-corrected chi connectivity index (χ1v) is 6.94. The van der Waals surface area contributed by atoms with Gasteiger partial charge in [-0.25, -0.2) is 0 Å². The smallest absolute Gasteiger partial charge is 0.223 e. The van der Waals surface area contributed by atoms with E-state index in [0.29, 0.717) is 5.92 Å². The number of hydrogen-bond donors (Lipinski definition) is 2. The van der Waals surface area contributed by atoms with E-state index < -0.39 is 0 Å². The molecule has 0 unspecified atom stereocenters. The number of hydrogen-bond acceptors (Lipinski definition) is 3. The molecule has 0 aromatic carbocycles. The second-order valence-corrected chi connectivity index (χ2v) is 5.35. The van der Waals surface area contributed by atoms with Crippen molar-refractivity contribution in [1.82, 2.24) is 10.2 Å². The molecule has 17 heavy (non-hydrogen) atoms. The SMILES string of the molecule is O=C(NCCCN1CCC(O)CC1)C1CCC1. The third kappa shape index (κ3) is 3.96. The Bertz CT molecular complexity index is 246. The van der Waals surface area contributed by atoms with E-state index in [0.717, 1.165) is 58.3 Å². The summed E-state index contributed by atoms with van der Waals surface area (Å²) in [5.74, 6) is 0.561. The largest absolute Gasteiger partial charge is 0.393 e. The van der Waals surface area contributed by atoms with Gasteiger partial charge < -0.3 is 15.3 Å². The summed E-state index contributed by atoms with van der Waals surface area (Å²) in [6.45, 7) is 3.83. The van der Waals surface area contributed by atoms with Gasteiger partial charge in [-0.2, -0.15) is 0 Å². The highest BCUT2D eigenvalue weighted by atomic mass is 16.3. The first-order valence-electron chi connectivity index (χ1n) is 6.94. The Labute approximate surface area is 103 Å². The molecule has 2 N–H and O–H groups in total. The first kappa shape index (κ1) is 12.8. The molecule has 1 aliphatic carbocycles. The highest BCUT2D eigenvalue weighted by molar-refractivity contribution is 5.79. The van der Waals surface area contributed by atoms with Crippen molar-refractivity contribution < 1.29 is 9.90 Å². The van der Waals surface area contributed by atoms with Gasteiger partial charge in [-0.05, 0) is 38.6 Å². The summed E-state index contributed by atoms with van der Waals surface area (Å²) in [4.78, 5) is 13.9. The van der Waals surface area contributed by atoms with Crippen LogP contribution in [0.15, 0.2) is 0 Å². The van der Waals surface area contributed by atoms with Gasteiger partial charge in [0.15, 0.2) is 0 Å². The number of nitrogens with zero attached hydrogens (tertiary/aromatic N) is 1. The summed E-state index contributed by atoms with van der Waals surface area (Å²) < 4.78 is 0. The fourth-order valence-corrected chi connectivity index (χ4v) is 2.47. The number of aliphatic hydroxyl groups is 1. The average molecular weight is 240 g/mol. The van der Waals surface area contributed by atoms with E-state index in [1.165, 1.54) is 6.42 Å². The maximum Gasteiger partial charge on any atom is 0.223 e. The van der Waals surface area contributed by atoms with Crippen molar-refractivity contribution in [3.05, 3.63) is 0 Å². The molecule has 0 bridgehead atoms. The molecule has 1 amide bonds. The van der Waals surface area contributed by atoms with Crippen LogP contribution < -0.4 is 5.32 Å². The summed E-state index contributed by atoms with van der Waals surface area (Å²) in [5.41, 5.74) is 0. The number of likely N-dealkylation sites (tertiary alicyclic amines) is 1. The fraction of sp³-hybridized carbons (Fsp3) is 0.923. The minimum absolute atomic E-state index is 0.0930. The van der Waals surface area contributed by atoms with Crippen molar-refractivity contribution in [2.45, 2.75) is 44.6 Å². The molecule has 4 heteroatoms. The number of rotatable bonds is 5. The lowest BCUT2D eigenvalue weighted by Crippen LogP contribution is -2.39. The first-order chi connectivity index (χ1) is 8.25. The molecule has 4 nitrogen and oxygen atoms in total. The van der Waals surface area contributed by atoms with Crippen molar-refractivity contribution in [3.63, 3.8) is 0 Å². The van der Waals surface area contributed by atoms with E-state index in [-0.39, 0.29) is 12.0 Å². The van der Waals surface area contributed by atoms with Crippen LogP contribution in [0.3, 0.4) is 0 Å². The van der Waals surface area contributed by atoms with Crippen LogP contribution in [-0.2, 0) is 4.79 Å². The van der Waals surface area contributed by atoms with E-state index >= 15 is 0 Å². The monoisotopic (exact) mass is 240 g/mol. The molecule has 2 aliphatic rings. The van der Waals surface area contributed by atoms with E-state index in [9.17, 15) is 9.90 Å². The van der Waals surface area contributed by atoms with Gasteiger partial charge in [-0.15, -0.1) is 0 Å². The molecule has 2 fully saturated rings. The molecular weight excluding hydrogens is 216 g/mol. The highest BCUT2D eigenvalue weighted by Gasteiger charge is 2.24. The predicted molar refractivity (Wildman–Crippen MR) is 66.6 cm³/mol. The standard InChI is InChI=1S/C13H24N2O2/c16-12-5-9-15(10-6-12)8-2-7-14-13(17)11-3-1-4-11/h11-12,16H,1-10H2,(H,14,17). The quantitative estimate of drug-likeness (QED) is 0.697. The van der Waals surface area contributed by atoms with Gasteiger partial charge in [0.05, 0.1) is 6.10 Å².